The van der Waals surface area contributed by atoms with Gasteiger partial charge in [-0.25, -0.2) is 0 Å². The van der Waals surface area contributed by atoms with Crippen molar-refractivity contribution in [2.75, 3.05) is 20.0 Å². The monoisotopic (exact) mass is 378 g/mol. The van der Waals surface area contributed by atoms with Gasteiger partial charge in [-0.3, -0.25) is 0 Å². The van der Waals surface area contributed by atoms with Crippen LogP contribution in [0.1, 0.15) is 51.9 Å². The van der Waals surface area contributed by atoms with E-state index in [0.29, 0.717) is 6.79 Å². The van der Waals surface area contributed by atoms with E-state index in [9.17, 15) is 0 Å². The normalized spacial score (nSPS) is 10.1. The van der Waals surface area contributed by atoms with Gasteiger partial charge < -0.3 is 40.4 Å². The van der Waals surface area contributed by atoms with Gasteiger partial charge >= 0.3 is 23.1 Å². The third-order valence-corrected chi connectivity index (χ3v) is 2.32. The maximum atomic E-state index is 5.36. The molecule has 0 saturated carbocycles. The van der Waals surface area contributed by atoms with Crippen LogP contribution < -0.4 is 24.0 Å². The topological polar surface area (TPSA) is 18.5 Å². The minimum absolute atomic E-state index is 0. The molecule has 0 aliphatic heterocycles. The molecule has 0 aliphatic carbocycles. The van der Waals surface area contributed by atoms with Crippen molar-refractivity contribution in [2.45, 2.75) is 51.9 Å². The zero-order valence-electron chi connectivity index (χ0n) is 11.8. The summed E-state index contributed by atoms with van der Waals surface area (Å²) in [6.45, 7) is 7.96. The molecule has 18 heavy (non-hydrogen) atoms. The first-order valence-corrected chi connectivity index (χ1v) is 6.51. The Balaban J connectivity index is -0.00000112. The van der Waals surface area contributed by atoms with Crippen LogP contribution in [-0.2, 0) is 9.47 Å². The van der Waals surface area contributed by atoms with E-state index in [1.54, 1.807) is 0 Å². The van der Waals surface area contributed by atoms with Crippen LogP contribution in [0.25, 0.3) is 0 Å². The Morgan fingerprint density at radius 2 is 1.61 bits per heavy atom. The van der Waals surface area contributed by atoms with Crippen LogP contribution in [0.5, 0.6) is 0 Å². The van der Waals surface area contributed by atoms with Crippen LogP contribution in [0.4, 0.5) is 0 Å². The van der Waals surface area contributed by atoms with Crippen LogP contribution in [0.2, 0.25) is 0 Å². The van der Waals surface area contributed by atoms with E-state index < -0.39 is 0 Å². The molecule has 0 heterocycles. The summed E-state index contributed by atoms with van der Waals surface area (Å²) < 4.78 is 10.7. The van der Waals surface area contributed by atoms with E-state index in [1.807, 2.05) is 0 Å². The Morgan fingerprint density at radius 3 is 2.28 bits per heavy atom. The summed E-state index contributed by atoms with van der Waals surface area (Å²) >= 11 is 0. The molecule has 4 heteroatoms. The predicted octanol–water partition coefficient (Wildman–Crippen LogP) is 0.741. The third kappa shape index (κ3) is 22.3. The molecule has 0 fully saturated rings. The van der Waals surface area contributed by atoms with Crippen molar-refractivity contribution in [3.05, 3.63) is 19.1 Å². The quantitative estimate of drug-likeness (QED) is 0.125. The summed E-state index contributed by atoms with van der Waals surface area (Å²) in [4.78, 5) is 0. The number of hydrogen-bond acceptors (Lipinski definition) is 2. The zero-order chi connectivity index (χ0) is 11.9. The summed E-state index contributed by atoms with van der Waals surface area (Å²) in [6.07, 6.45) is 12.4. The summed E-state index contributed by atoms with van der Waals surface area (Å²) in [6, 6.07) is 0. The largest absolute Gasteiger partial charge is 2.00 e. The van der Waals surface area contributed by atoms with Crippen molar-refractivity contribution < 1.29 is 33.5 Å². The van der Waals surface area contributed by atoms with E-state index >= 15 is 0 Å². The van der Waals surface area contributed by atoms with Crippen LogP contribution in [-0.4, -0.2) is 43.1 Å². The molecule has 0 atom stereocenters. The molecule has 2 nitrogen and oxygen atoms in total. The van der Waals surface area contributed by atoms with Crippen molar-refractivity contribution in [3.63, 3.8) is 0 Å². The summed E-state index contributed by atoms with van der Waals surface area (Å²) in [5, 5.41) is 0. The Morgan fingerprint density at radius 1 is 0.944 bits per heavy atom. The van der Waals surface area contributed by atoms with Gasteiger partial charge in [-0.05, 0) is 12.8 Å². The molecule has 104 valence electrons. The van der Waals surface area contributed by atoms with Gasteiger partial charge in [0.05, 0.1) is 6.61 Å². The molecule has 0 saturated heterocycles. The smallest absolute Gasteiger partial charge is 1.00 e. The first kappa shape index (κ1) is 24.2. The molecule has 0 aliphatic rings. The van der Waals surface area contributed by atoms with Gasteiger partial charge in [0.15, 0.2) is 0 Å². The van der Waals surface area contributed by atoms with Gasteiger partial charge in [0.2, 0.25) is 0 Å². The Bertz CT molecular complexity index is 155. The zero-order valence-corrected chi connectivity index (χ0v) is 15.4. The SMILES string of the molecule is [CH2-]C/C=C/CCOCOCCCCCCC.[I-].[Mg+2]. The average Bonchev–Trinajstić information content (AvgIpc) is 2.31. The minimum Gasteiger partial charge on any atom is -1.00 e. The number of rotatable bonds is 12. The summed E-state index contributed by atoms with van der Waals surface area (Å²) in [5.41, 5.74) is 0. The minimum atomic E-state index is 0. The molecule has 0 spiro atoms. The molecule has 0 aromatic rings. The van der Waals surface area contributed by atoms with E-state index in [4.69, 9.17) is 9.47 Å². The first-order valence-electron chi connectivity index (χ1n) is 6.51. The van der Waals surface area contributed by atoms with Gasteiger partial charge in [0.1, 0.15) is 6.79 Å². The molecular weight excluding hydrogens is 351 g/mol. The van der Waals surface area contributed by atoms with Crippen molar-refractivity contribution >= 4 is 23.1 Å². The van der Waals surface area contributed by atoms with Crippen molar-refractivity contribution in [1.82, 2.24) is 0 Å². The van der Waals surface area contributed by atoms with Crippen molar-refractivity contribution in [2.24, 2.45) is 0 Å². The number of halogens is 1. The van der Waals surface area contributed by atoms with Gasteiger partial charge in [-0.2, -0.15) is 6.42 Å². The van der Waals surface area contributed by atoms with Crippen molar-refractivity contribution in [1.29, 1.82) is 0 Å². The fraction of sp³-hybridized carbons (Fsp3) is 0.786. The van der Waals surface area contributed by atoms with E-state index in [0.717, 1.165) is 32.5 Å². The van der Waals surface area contributed by atoms with E-state index in [1.165, 1.54) is 25.7 Å². The second-order valence-electron chi connectivity index (χ2n) is 3.90. The Hall–Kier alpha value is 1.16. The van der Waals surface area contributed by atoms with Gasteiger partial charge in [0, 0.05) is 6.61 Å². The molecule has 0 aromatic carbocycles. The molecule has 0 unspecified atom stereocenters. The maximum Gasteiger partial charge on any atom is 2.00 e. The van der Waals surface area contributed by atoms with E-state index in [-0.39, 0.29) is 47.0 Å². The van der Waals surface area contributed by atoms with E-state index in [2.05, 4.69) is 26.0 Å². The molecule has 0 aromatic heterocycles. The standard InChI is InChI=1S/C14H27O2.HI.Mg/c1-3-5-7-9-11-13-16-14-15-12-10-8-6-4-2;;/h6,8H,2-5,7,9-14H2,1H3;1H;/q-1;;+2/p-1/b8-6+;;. The molecule has 0 N–H and O–H groups in total. The third-order valence-electron chi connectivity index (χ3n) is 2.32. The fourth-order valence-electron chi connectivity index (χ4n) is 1.37. The summed E-state index contributed by atoms with van der Waals surface area (Å²) in [5.74, 6) is 0. The van der Waals surface area contributed by atoms with Crippen LogP contribution >= 0.6 is 0 Å². The second kappa shape index (κ2) is 23.3. The maximum absolute atomic E-state index is 5.36. The Kier molecular flexibility index (Phi) is 31.3. The molecular formula is C14H27IMgO2. The van der Waals surface area contributed by atoms with Crippen LogP contribution in [0.3, 0.4) is 0 Å². The van der Waals surface area contributed by atoms with Crippen molar-refractivity contribution in [3.8, 4) is 0 Å². The number of ether oxygens (including phenoxy) is 2. The predicted molar refractivity (Wildman–Crippen MR) is 75.0 cm³/mol. The second-order valence-corrected chi connectivity index (χ2v) is 3.90. The summed E-state index contributed by atoms with van der Waals surface area (Å²) in [7, 11) is 0. The molecule has 0 radical (unpaired) electrons. The van der Waals surface area contributed by atoms with Gasteiger partial charge in [-0.1, -0.05) is 38.7 Å². The number of allylic oxidation sites excluding steroid dienone is 1. The molecule has 0 amide bonds. The van der Waals surface area contributed by atoms with Gasteiger partial charge in [-0.15, -0.1) is 6.08 Å². The average molecular weight is 379 g/mol. The molecule has 0 bridgehead atoms. The number of hydrogen-bond donors (Lipinski definition) is 0. The molecule has 0 rings (SSSR count). The van der Waals surface area contributed by atoms with Crippen LogP contribution in [0, 0.1) is 6.92 Å². The van der Waals surface area contributed by atoms with Crippen LogP contribution in [0.15, 0.2) is 12.2 Å². The number of unbranched alkanes of at least 4 members (excludes halogenated alkanes) is 4. The van der Waals surface area contributed by atoms with Gasteiger partial charge in [0.25, 0.3) is 0 Å². The fourth-order valence-corrected chi connectivity index (χ4v) is 1.37. The first-order chi connectivity index (χ1) is 7.91. The Labute approximate surface area is 146 Å².